The van der Waals surface area contributed by atoms with Gasteiger partial charge in [0.2, 0.25) is 0 Å². The molecule has 3 rings (SSSR count). The Balaban J connectivity index is 2.04. The minimum Gasteiger partial charge on any atom is -0.497 e. The maximum atomic E-state index is 11.5. The van der Waals surface area contributed by atoms with Gasteiger partial charge in [-0.15, -0.1) is 5.10 Å². The van der Waals surface area contributed by atoms with Gasteiger partial charge in [0, 0.05) is 10.9 Å². The average molecular weight is 289 g/mol. The van der Waals surface area contributed by atoms with Crippen molar-refractivity contribution in [2.45, 2.75) is 6.54 Å². The highest BCUT2D eigenvalue weighted by molar-refractivity contribution is 5.85. The highest BCUT2D eigenvalue weighted by Crippen LogP contribution is 2.25. The summed E-state index contributed by atoms with van der Waals surface area (Å²) >= 11 is 0. The largest absolute Gasteiger partial charge is 0.497 e. The average Bonchev–Trinajstić information content (AvgIpc) is 3.01. The number of methoxy groups -OCH3 is 1. The zero-order chi connectivity index (χ0) is 15.0. The van der Waals surface area contributed by atoms with E-state index < -0.39 is 18.3 Å². The molecule has 0 saturated heterocycles. The minimum atomic E-state index is -1.17. The number of rotatable bonds is 4. The predicted octanol–water partition coefficient (Wildman–Crippen LogP) is 1.08. The second kappa shape index (κ2) is 4.82. The topological polar surface area (TPSA) is 110 Å². The van der Waals surface area contributed by atoms with Gasteiger partial charge in [0.05, 0.1) is 7.11 Å². The molecule has 0 radical (unpaired) electrons. The molecule has 2 aromatic heterocycles. The second-order valence-corrected chi connectivity index (χ2v) is 4.36. The van der Waals surface area contributed by atoms with Crippen LogP contribution >= 0.6 is 0 Å². The summed E-state index contributed by atoms with van der Waals surface area (Å²) in [6.07, 6.45) is 0. The van der Waals surface area contributed by atoms with Gasteiger partial charge in [-0.25, -0.2) is 4.79 Å². The zero-order valence-corrected chi connectivity index (χ0v) is 11.0. The van der Waals surface area contributed by atoms with Crippen LogP contribution in [0.4, 0.5) is 0 Å². The highest BCUT2D eigenvalue weighted by Gasteiger charge is 2.14. The molecule has 0 atom stereocenters. The van der Waals surface area contributed by atoms with Crippen molar-refractivity contribution in [3.8, 4) is 17.3 Å². The Labute approximate surface area is 117 Å². The number of carboxylic acid groups (broad SMARTS) is 1. The number of nitrogens with zero attached hydrogens (tertiary/aromatic N) is 2. The van der Waals surface area contributed by atoms with Crippen molar-refractivity contribution < 1.29 is 19.1 Å². The molecule has 0 amide bonds. The van der Waals surface area contributed by atoms with E-state index in [1.807, 2.05) is 12.1 Å². The van der Waals surface area contributed by atoms with Crippen LogP contribution < -0.4 is 10.5 Å². The molecule has 0 aliphatic carbocycles. The molecular formula is C13H11N3O5. The number of hydrogen-bond donors (Lipinski definition) is 2. The summed E-state index contributed by atoms with van der Waals surface area (Å²) in [5, 5.41) is 13.4. The molecule has 8 heteroatoms. The van der Waals surface area contributed by atoms with Crippen molar-refractivity contribution >= 4 is 16.9 Å². The van der Waals surface area contributed by atoms with E-state index in [0.29, 0.717) is 11.4 Å². The van der Waals surface area contributed by atoms with E-state index in [9.17, 15) is 9.59 Å². The highest BCUT2D eigenvalue weighted by atomic mass is 16.5. The fourth-order valence-electron chi connectivity index (χ4n) is 2.00. The zero-order valence-electron chi connectivity index (χ0n) is 11.0. The molecule has 0 unspecified atom stereocenters. The summed E-state index contributed by atoms with van der Waals surface area (Å²) < 4.78 is 10.8. The normalized spacial score (nSPS) is 10.9. The van der Waals surface area contributed by atoms with Crippen LogP contribution in [0.15, 0.2) is 33.5 Å². The third kappa shape index (κ3) is 2.38. The van der Waals surface area contributed by atoms with Gasteiger partial charge in [0.15, 0.2) is 0 Å². The van der Waals surface area contributed by atoms with Crippen molar-refractivity contribution in [1.82, 2.24) is 14.8 Å². The summed E-state index contributed by atoms with van der Waals surface area (Å²) in [5.74, 6) is -1.25. The van der Waals surface area contributed by atoms with Crippen molar-refractivity contribution in [3.05, 3.63) is 34.8 Å². The van der Waals surface area contributed by atoms with Gasteiger partial charge >= 0.3 is 11.7 Å². The van der Waals surface area contributed by atoms with Crippen LogP contribution in [0.1, 0.15) is 0 Å². The van der Waals surface area contributed by atoms with Gasteiger partial charge in [-0.1, -0.05) is 0 Å². The monoisotopic (exact) mass is 289 g/mol. The lowest BCUT2D eigenvalue weighted by molar-refractivity contribution is -0.138. The number of aromatic nitrogens is 3. The molecule has 2 heterocycles. The van der Waals surface area contributed by atoms with Crippen LogP contribution in [-0.4, -0.2) is 33.0 Å². The van der Waals surface area contributed by atoms with E-state index in [2.05, 4.69) is 10.1 Å². The number of aromatic amines is 1. The molecule has 0 spiro atoms. The smallest absolute Gasteiger partial charge is 0.437 e. The Morgan fingerprint density at radius 2 is 2.29 bits per heavy atom. The number of aliphatic carboxylic acids is 1. The lowest BCUT2D eigenvalue weighted by Gasteiger charge is -1.97. The van der Waals surface area contributed by atoms with E-state index in [-0.39, 0.29) is 5.89 Å². The fourth-order valence-corrected chi connectivity index (χ4v) is 2.00. The SMILES string of the molecule is COc1ccc2[nH]c(-c3nn(CC(=O)O)c(=O)o3)cc2c1. The van der Waals surface area contributed by atoms with Gasteiger partial charge in [-0.2, -0.15) is 4.68 Å². The summed E-state index contributed by atoms with van der Waals surface area (Å²) in [4.78, 5) is 25.2. The molecule has 0 aliphatic heterocycles. The molecule has 108 valence electrons. The Bertz CT molecular complexity index is 873. The standard InChI is InChI=1S/C13H11N3O5/c1-20-8-2-3-9-7(4-8)5-10(14-9)12-15-16(6-11(17)18)13(19)21-12/h2-5,14H,6H2,1H3,(H,17,18). The Morgan fingerprint density at radius 1 is 1.48 bits per heavy atom. The van der Waals surface area contributed by atoms with Crippen molar-refractivity contribution in [2.75, 3.05) is 7.11 Å². The van der Waals surface area contributed by atoms with E-state index in [0.717, 1.165) is 15.6 Å². The third-order valence-electron chi connectivity index (χ3n) is 2.95. The third-order valence-corrected chi connectivity index (χ3v) is 2.95. The number of carbonyl (C=O) groups is 1. The summed E-state index contributed by atoms with van der Waals surface area (Å²) in [6.45, 7) is -0.545. The molecule has 21 heavy (non-hydrogen) atoms. The number of benzene rings is 1. The molecule has 0 bridgehead atoms. The summed E-state index contributed by atoms with van der Waals surface area (Å²) in [7, 11) is 1.57. The first-order valence-electron chi connectivity index (χ1n) is 6.03. The van der Waals surface area contributed by atoms with Crippen LogP contribution in [-0.2, 0) is 11.3 Å². The number of nitrogens with one attached hydrogen (secondary N) is 1. The number of H-pyrrole nitrogens is 1. The Hall–Kier alpha value is -3.03. The van der Waals surface area contributed by atoms with E-state index in [1.165, 1.54) is 0 Å². The number of fused-ring (bicyclic) bond motifs is 1. The molecule has 0 saturated carbocycles. The Kier molecular flexibility index (Phi) is 2.98. The van der Waals surface area contributed by atoms with Crippen LogP contribution in [0.2, 0.25) is 0 Å². The molecule has 2 N–H and O–H groups in total. The van der Waals surface area contributed by atoms with Gasteiger partial charge in [-0.3, -0.25) is 4.79 Å². The molecular weight excluding hydrogens is 278 g/mol. The fraction of sp³-hybridized carbons (Fsp3) is 0.154. The number of hydrogen-bond acceptors (Lipinski definition) is 5. The minimum absolute atomic E-state index is 0.0383. The molecule has 1 aromatic carbocycles. The van der Waals surface area contributed by atoms with E-state index in [4.69, 9.17) is 14.3 Å². The Morgan fingerprint density at radius 3 is 3.00 bits per heavy atom. The van der Waals surface area contributed by atoms with Gasteiger partial charge in [-0.05, 0) is 24.3 Å². The van der Waals surface area contributed by atoms with E-state index >= 15 is 0 Å². The first kappa shape index (κ1) is 13.0. The van der Waals surface area contributed by atoms with Crippen molar-refractivity contribution in [1.29, 1.82) is 0 Å². The van der Waals surface area contributed by atoms with Gasteiger partial charge in [0.25, 0.3) is 5.89 Å². The number of carboxylic acids is 1. The predicted molar refractivity (Wildman–Crippen MR) is 72.2 cm³/mol. The number of ether oxygens (including phenoxy) is 1. The molecule has 0 aliphatic rings. The van der Waals surface area contributed by atoms with Crippen LogP contribution in [0, 0.1) is 0 Å². The lowest BCUT2D eigenvalue weighted by Crippen LogP contribution is -2.20. The molecule has 8 nitrogen and oxygen atoms in total. The first-order valence-corrected chi connectivity index (χ1v) is 6.03. The van der Waals surface area contributed by atoms with E-state index in [1.54, 1.807) is 19.2 Å². The van der Waals surface area contributed by atoms with Crippen molar-refractivity contribution in [2.24, 2.45) is 0 Å². The maximum absolute atomic E-state index is 11.5. The van der Waals surface area contributed by atoms with Gasteiger partial charge in [0.1, 0.15) is 18.0 Å². The maximum Gasteiger partial charge on any atom is 0.437 e. The van der Waals surface area contributed by atoms with Crippen LogP contribution in [0.3, 0.4) is 0 Å². The van der Waals surface area contributed by atoms with Crippen LogP contribution in [0.25, 0.3) is 22.5 Å². The molecule has 3 aromatic rings. The quantitative estimate of drug-likeness (QED) is 0.743. The first-order chi connectivity index (χ1) is 10.1. The van der Waals surface area contributed by atoms with Crippen LogP contribution in [0.5, 0.6) is 5.75 Å². The van der Waals surface area contributed by atoms with Crippen molar-refractivity contribution in [3.63, 3.8) is 0 Å². The molecule has 0 fully saturated rings. The lowest BCUT2D eigenvalue weighted by atomic mass is 10.2. The summed E-state index contributed by atoms with van der Waals surface area (Å²) in [6, 6.07) is 7.18. The second-order valence-electron chi connectivity index (χ2n) is 4.36. The van der Waals surface area contributed by atoms with Gasteiger partial charge < -0.3 is 19.2 Å². The summed E-state index contributed by atoms with van der Waals surface area (Å²) in [5.41, 5.74) is 1.31.